The lowest BCUT2D eigenvalue weighted by Crippen LogP contribution is -2.22. The zero-order valence-corrected chi connectivity index (χ0v) is 16.0. The van der Waals surface area contributed by atoms with Gasteiger partial charge in [0.15, 0.2) is 6.61 Å². The van der Waals surface area contributed by atoms with Gasteiger partial charge in [-0.15, -0.1) is 11.3 Å². The molecule has 27 heavy (non-hydrogen) atoms. The van der Waals surface area contributed by atoms with Gasteiger partial charge in [0.05, 0.1) is 18.1 Å². The Morgan fingerprint density at radius 2 is 1.89 bits per heavy atom. The highest BCUT2D eigenvalue weighted by Gasteiger charge is 2.40. The highest BCUT2D eigenvalue weighted by molar-refractivity contribution is 7.20. The fraction of sp³-hybridized carbons (Fsp3) is 0.350. The Bertz CT molecular complexity index is 845. The molecule has 6 nitrogen and oxygen atoms in total. The van der Waals surface area contributed by atoms with Crippen LogP contribution in [0, 0.1) is 11.8 Å². The molecule has 3 rings (SSSR count). The molecule has 0 aliphatic heterocycles. The summed E-state index contributed by atoms with van der Waals surface area (Å²) < 4.78 is 10.1. The van der Waals surface area contributed by atoms with Crippen LogP contribution in [0.4, 0.5) is 5.00 Å². The molecule has 7 heteroatoms. The van der Waals surface area contributed by atoms with Crippen LogP contribution in [0.25, 0.3) is 10.4 Å². The van der Waals surface area contributed by atoms with Crippen LogP contribution < -0.4 is 5.32 Å². The molecule has 2 atom stereocenters. The summed E-state index contributed by atoms with van der Waals surface area (Å²) in [5.41, 5.74) is 1.22. The van der Waals surface area contributed by atoms with Gasteiger partial charge in [0, 0.05) is 4.88 Å². The molecule has 0 bridgehead atoms. The SMILES string of the molecule is CCOC(=O)c1cc(-c2ccccc2)sc1NC(=O)COC(=O)[C@@H]1C[C@H]1C. The number of amides is 1. The van der Waals surface area contributed by atoms with E-state index in [9.17, 15) is 14.4 Å². The number of benzene rings is 1. The van der Waals surface area contributed by atoms with E-state index < -0.39 is 11.9 Å². The first-order valence-electron chi connectivity index (χ1n) is 8.82. The number of nitrogens with one attached hydrogen (secondary N) is 1. The van der Waals surface area contributed by atoms with Gasteiger partial charge >= 0.3 is 11.9 Å². The Kier molecular flexibility index (Phi) is 5.91. The monoisotopic (exact) mass is 387 g/mol. The summed E-state index contributed by atoms with van der Waals surface area (Å²) in [5, 5.41) is 3.05. The van der Waals surface area contributed by atoms with E-state index in [-0.39, 0.29) is 30.7 Å². The van der Waals surface area contributed by atoms with Gasteiger partial charge in [0.25, 0.3) is 5.91 Å². The maximum absolute atomic E-state index is 12.2. The lowest BCUT2D eigenvalue weighted by atomic mass is 10.1. The van der Waals surface area contributed by atoms with E-state index in [0.717, 1.165) is 16.9 Å². The van der Waals surface area contributed by atoms with E-state index in [1.54, 1.807) is 13.0 Å². The van der Waals surface area contributed by atoms with Gasteiger partial charge in [-0.3, -0.25) is 9.59 Å². The average Bonchev–Trinajstić information content (AvgIpc) is 3.25. The standard InChI is InChI=1S/C20H21NO5S/c1-3-25-20(24)15-10-16(13-7-5-4-6-8-13)27-18(15)21-17(22)11-26-19(23)14-9-12(14)2/h4-8,10,12,14H,3,9,11H2,1-2H3,(H,21,22)/t12-,14-/m1/s1. The fourth-order valence-electron chi connectivity index (χ4n) is 2.65. The number of hydrogen-bond donors (Lipinski definition) is 1. The van der Waals surface area contributed by atoms with Crippen LogP contribution in [0.15, 0.2) is 36.4 Å². The van der Waals surface area contributed by atoms with Crippen molar-refractivity contribution in [2.75, 3.05) is 18.5 Å². The minimum Gasteiger partial charge on any atom is -0.462 e. The van der Waals surface area contributed by atoms with Crippen molar-refractivity contribution in [3.63, 3.8) is 0 Å². The number of esters is 2. The largest absolute Gasteiger partial charge is 0.462 e. The van der Waals surface area contributed by atoms with Crippen LogP contribution >= 0.6 is 11.3 Å². The lowest BCUT2D eigenvalue weighted by molar-refractivity contribution is -0.148. The zero-order valence-electron chi connectivity index (χ0n) is 15.2. The highest BCUT2D eigenvalue weighted by atomic mass is 32.1. The number of carbonyl (C=O) groups is 3. The van der Waals surface area contributed by atoms with Crippen molar-refractivity contribution in [1.82, 2.24) is 0 Å². The van der Waals surface area contributed by atoms with Gasteiger partial charge in [0.1, 0.15) is 5.00 Å². The number of anilines is 1. The Morgan fingerprint density at radius 3 is 2.52 bits per heavy atom. The second kappa shape index (κ2) is 8.35. The van der Waals surface area contributed by atoms with Crippen LogP contribution in [0.2, 0.25) is 0 Å². The molecule has 1 heterocycles. The molecule has 1 aromatic carbocycles. The molecule has 1 N–H and O–H groups in total. The van der Waals surface area contributed by atoms with E-state index in [1.807, 2.05) is 37.3 Å². The molecule has 142 valence electrons. The maximum Gasteiger partial charge on any atom is 0.341 e. The zero-order chi connectivity index (χ0) is 19.4. The molecule has 1 saturated carbocycles. The van der Waals surface area contributed by atoms with E-state index in [0.29, 0.717) is 10.9 Å². The number of hydrogen-bond acceptors (Lipinski definition) is 6. The third-order valence-electron chi connectivity index (χ3n) is 4.30. The molecule has 1 fully saturated rings. The maximum atomic E-state index is 12.2. The number of carbonyl (C=O) groups excluding carboxylic acids is 3. The van der Waals surface area contributed by atoms with Gasteiger partial charge < -0.3 is 14.8 Å². The number of ether oxygens (including phenoxy) is 2. The molecule has 1 aliphatic carbocycles. The molecule has 2 aromatic rings. The molecular weight excluding hydrogens is 366 g/mol. The van der Waals surface area contributed by atoms with Crippen LogP contribution in [-0.4, -0.2) is 31.1 Å². The normalized spacial score (nSPS) is 17.9. The summed E-state index contributed by atoms with van der Waals surface area (Å²) in [4.78, 5) is 37.0. The lowest BCUT2D eigenvalue weighted by Gasteiger charge is -2.07. The summed E-state index contributed by atoms with van der Waals surface area (Å²) in [5.74, 6) is -1.11. The summed E-state index contributed by atoms with van der Waals surface area (Å²) in [6.45, 7) is 3.55. The van der Waals surface area contributed by atoms with Gasteiger partial charge in [-0.2, -0.15) is 0 Å². The Morgan fingerprint density at radius 1 is 1.19 bits per heavy atom. The van der Waals surface area contributed by atoms with E-state index >= 15 is 0 Å². The smallest absolute Gasteiger partial charge is 0.341 e. The van der Waals surface area contributed by atoms with Crippen LogP contribution in [0.5, 0.6) is 0 Å². The van der Waals surface area contributed by atoms with Crippen LogP contribution in [-0.2, 0) is 19.1 Å². The molecule has 1 aromatic heterocycles. The van der Waals surface area contributed by atoms with Crippen molar-refractivity contribution in [2.45, 2.75) is 20.3 Å². The second-order valence-electron chi connectivity index (χ2n) is 6.42. The van der Waals surface area contributed by atoms with Crippen molar-refractivity contribution in [3.05, 3.63) is 42.0 Å². The summed E-state index contributed by atoms with van der Waals surface area (Å²) in [6.07, 6.45) is 0.804. The molecule has 0 saturated heterocycles. The van der Waals surface area contributed by atoms with Crippen LogP contribution in [0.3, 0.4) is 0 Å². The van der Waals surface area contributed by atoms with Gasteiger partial charge in [-0.1, -0.05) is 37.3 Å². The van der Waals surface area contributed by atoms with Crippen molar-refractivity contribution >= 4 is 34.2 Å². The predicted octanol–water partition coefficient (Wildman–Crippen LogP) is 3.73. The van der Waals surface area contributed by atoms with Crippen LogP contribution in [0.1, 0.15) is 30.6 Å². The number of rotatable bonds is 7. The molecule has 0 radical (unpaired) electrons. The topological polar surface area (TPSA) is 81.7 Å². The fourth-order valence-corrected chi connectivity index (χ4v) is 3.71. The summed E-state index contributed by atoms with van der Waals surface area (Å²) in [7, 11) is 0. The Hall–Kier alpha value is -2.67. The van der Waals surface area contributed by atoms with E-state index in [1.165, 1.54) is 11.3 Å². The third-order valence-corrected chi connectivity index (χ3v) is 5.40. The van der Waals surface area contributed by atoms with E-state index in [4.69, 9.17) is 9.47 Å². The van der Waals surface area contributed by atoms with Crippen molar-refractivity contribution in [3.8, 4) is 10.4 Å². The minimum atomic E-state index is -0.505. The quantitative estimate of drug-likeness (QED) is 0.732. The Labute approximate surface area is 161 Å². The summed E-state index contributed by atoms with van der Waals surface area (Å²) in [6, 6.07) is 11.2. The molecule has 1 aliphatic rings. The van der Waals surface area contributed by atoms with Gasteiger partial charge in [-0.05, 0) is 30.9 Å². The highest BCUT2D eigenvalue weighted by Crippen LogP contribution is 2.38. The minimum absolute atomic E-state index is 0.0979. The van der Waals surface area contributed by atoms with Gasteiger partial charge in [0.2, 0.25) is 0 Å². The molecule has 0 unspecified atom stereocenters. The van der Waals surface area contributed by atoms with Crippen molar-refractivity contribution in [2.24, 2.45) is 11.8 Å². The Balaban J connectivity index is 1.72. The van der Waals surface area contributed by atoms with Crippen molar-refractivity contribution in [1.29, 1.82) is 0 Å². The molecular formula is C20H21NO5S. The predicted molar refractivity (Wildman–Crippen MR) is 103 cm³/mol. The van der Waals surface area contributed by atoms with Crippen molar-refractivity contribution < 1.29 is 23.9 Å². The average molecular weight is 387 g/mol. The second-order valence-corrected chi connectivity index (χ2v) is 7.47. The first kappa shape index (κ1) is 19.1. The van der Waals surface area contributed by atoms with Gasteiger partial charge in [-0.25, -0.2) is 4.79 Å². The first-order chi connectivity index (χ1) is 13.0. The van der Waals surface area contributed by atoms with E-state index in [2.05, 4.69) is 5.32 Å². The third kappa shape index (κ3) is 4.74. The molecule has 0 spiro atoms. The number of thiophene rings is 1. The summed E-state index contributed by atoms with van der Waals surface area (Å²) >= 11 is 1.28. The molecule has 1 amide bonds. The first-order valence-corrected chi connectivity index (χ1v) is 9.64.